The SMILES string of the molecule is Cc1nc2ncc(Cl)cc2cc1C(=O)NCc1cccc(C(F)(F)F)c1. The molecule has 0 radical (unpaired) electrons. The fourth-order valence-corrected chi connectivity index (χ4v) is 2.66. The van der Waals surface area contributed by atoms with E-state index in [1.165, 1.54) is 18.3 Å². The van der Waals surface area contributed by atoms with E-state index < -0.39 is 17.6 Å². The Kier molecular flexibility index (Phi) is 4.82. The molecule has 0 aliphatic heterocycles. The Labute approximate surface area is 152 Å². The van der Waals surface area contributed by atoms with E-state index in [1.807, 2.05) is 0 Å². The maximum atomic E-state index is 12.8. The number of aryl methyl sites for hydroxylation is 1. The van der Waals surface area contributed by atoms with Crippen LogP contribution in [0.2, 0.25) is 5.02 Å². The van der Waals surface area contributed by atoms with Crippen molar-refractivity contribution in [2.45, 2.75) is 19.6 Å². The number of rotatable bonds is 3. The summed E-state index contributed by atoms with van der Waals surface area (Å²) >= 11 is 5.90. The van der Waals surface area contributed by atoms with Crippen LogP contribution in [0.5, 0.6) is 0 Å². The molecule has 3 aromatic rings. The first-order valence-corrected chi connectivity index (χ1v) is 7.99. The number of aromatic nitrogens is 2. The highest BCUT2D eigenvalue weighted by Gasteiger charge is 2.30. The topological polar surface area (TPSA) is 54.9 Å². The van der Waals surface area contributed by atoms with Crippen molar-refractivity contribution < 1.29 is 18.0 Å². The van der Waals surface area contributed by atoms with Crippen molar-refractivity contribution in [3.8, 4) is 0 Å². The number of fused-ring (bicyclic) bond motifs is 1. The molecule has 0 saturated heterocycles. The van der Waals surface area contributed by atoms with Gasteiger partial charge in [-0.25, -0.2) is 9.97 Å². The maximum absolute atomic E-state index is 12.8. The molecule has 3 rings (SSSR count). The second-order valence-corrected chi connectivity index (χ2v) is 6.14. The molecule has 0 aliphatic carbocycles. The average molecular weight is 380 g/mol. The van der Waals surface area contributed by atoms with Crippen molar-refractivity contribution in [3.05, 3.63) is 70.0 Å². The van der Waals surface area contributed by atoms with Crippen LogP contribution in [-0.2, 0) is 12.7 Å². The summed E-state index contributed by atoms with van der Waals surface area (Å²) in [5.74, 6) is -0.436. The second-order valence-electron chi connectivity index (χ2n) is 5.70. The zero-order valence-electron chi connectivity index (χ0n) is 13.6. The molecule has 1 N–H and O–H groups in total. The Morgan fingerprint density at radius 2 is 2.00 bits per heavy atom. The van der Waals surface area contributed by atoms with Crippen molar-refractivity contribution in [3.63, 3.8) is 0 Å². The highest BCUT2D eigenvalue weighted by atomic mass is 35.5. The fourth-order valence-electron chi connectivity index (χ4n) is 2.49. The van der Waals surface area contributed by atoms with Gasteiger partial charge in [-0.05, 0) is 36.8 Å². The van der Waals surface area contributed by atoms with Crippen molar-refractivity contribution >= 4 is 28.5 Å². The first kappa shape index (κ1) is 18.1. The lowest BCUT2D eigenvalue weighted by molar-refractivity contribution is -0.137. The van der Waals surface area contributed by atoms with Gasteiger partial charge in [-0.2, -0.15) is 13.2 Å². The van der Waals surface area contributed by atoms with Gasteiger partial charge in [-0.1, -0.05) is 23.7 Å². The van der Waals surface area contributed by atoms with Gasteiger partial charge in [0.25, 0.3) is 5.91 Å². The van der Waals surface area contributed by atoms with Gasteiger partial charge in [-0.15, -0.1) is 0 Å². The Bertz CT molecular complexity index is 989. The summed E-state index contributed by atoms with van der Waals surface area (Å²) in [5, 5.41) is 3.63. The van der Waals surface area contributed by atoms with Crippen LogP contribution in [0.15, 0.2) is 42.6 Å². The largest absolute Gasteiger partial charge is 0.416 e. The van der Waals surface area contributed by atoms with E-state index in [-0.39, 0.29) is 6.54 Å². The normalized spacial score (nSPS) is 11.6. The second kappa shape index (κ2) is 6.92. The lowest BCUT2D eigenvalue weighted by Gasteiger charge is -2.11. The van der Waals surface area contributed by atoms with Crippen molar-refractivity contribution in [2.24, 2.45) is 0 Å². The molecule has 0 spiro atoms. The van der Waals surface area contributed by atoms with Gasteiger partial charge in [0.2, 0.25) is 0 Å². The Balaban J connectivity index is 1.80. The Hall–Kier alpha value is -2.67. The summed E-state index contributed by atoms with van der Waals surface area (Å²) in [4.78, 5) is 20.8. The minimum Gasteiger partial charge on any atom is -0.348 e. The molecule has 2 aromatic heterocycles. The summed E-state index contributed by atoms with van der Waals surface area (Å²) in [6.07, 6.45) is -2.96. The highest BCUT2D eigenvalue weighted by molar-refractivity contribution is 6.31. The third-order valence-electron chi connectivity index (χ3n) is 3.78. The summed E-state index contributed by atoms with van der Waals surface area (Å²) in [7, 11) is 0. The number of carbonyl (C=O) groups excluding carboxylic acids is 1. The van der Waals surface area contributed by atoms with Crippen LogP contribution in [0, 0.1) is 6.92 Å². The monoisotopic (exact) mass is 379 g/mol. The average Bonchev–Trinajstić information content (AvgIpc) is 2.59. The molecule has 0 saturated carbocycles. The molecule has 0 atom stereocenters. The van der Waals surface area contributed by atoms with Crippen LogP contribution in [0.1, 0.15) is 27.2 Å². The van der Waals surface area contributed by atoms with Gasteiger partial charge in [0.1, 0.15) is 0 Å². The summed E-state index contributed by atoms with van der Waals surface area (Å²) in [6, 6.07) is 8.07. The maximum Gasteiger partial charge on any atom is 0.416 e. The third kappa shape index (κ3) is 3.94. The minimum absolute atomic E-state index is 0.0337. The number of hydrogen-bond acceptors (Lipinski definition) is 3. The number of nitrogens with zero attached hydrogens (tertiary/aromatic N) is 2. The van der Waals surface area contributed by atoms with Gasteiger partial charge < -0.3 is 5.32 Å². The smallest absolute Gasteiger partial charge is 0.348 e. The number of amides is 1. The molecule has 1 aromatic carbocycles. The van der Waals surface area contributed by atoms with E-state index in [0.29, 0.717) is 32.9 Å². The summed E-state index contributed by atoms with van der Waals surface area (Å²) < 4.78 is 38.3. The van der Waals surface area contributed by atoms with Crippen molar-refractivity contribution in [2.75, 3.05) is 0 Å². The third-order valence-corrected chi connectivity index (χ3v) is 3.98. The van der Waals surface area contributed by atoms with E-state index in [4.69, 9.17) is 11.6 Å². The van der Waals surface area contributed by atoms with Gasteiger partial charge in [0.05, 0.1) is 21.8 Å². The van der Waals surface area contributed by atoms with Gasteiger partial charge in [-0.3, -0.25) is 4.79 Å². The lowest BCUT2D eigenvalue weighted by Crippen LogP contribution is -2.24. The molecule has 1 amide bonds. The van der Waals surface area contributed by atoms with Crippen LogP contribution in [0.25, 0.3) is 11.0 Å². The number of carbonyl (C=O) groups is 1. The highest BCUT2D eigenvalue weighted by Crippen LogP contribution is 2.29. The number of benzene rings is 1. The van der Waals surface area contributed by atoms with Crippen LogP contribution in [-0.4, -0.2) is 15.9 Å². The quantitative estimate of drug-likeness (QED) is 0.726. The molecule has 0 bridgehead atoms. The Morgan fingerprint density at radius 1 is 1.23 bits per heavy atom. The first-order chi connectivity index (χ1) is 12.2. The number of pyridine rings is 2. The van der Waals surface area contributed by atoms with E-state index in [0.717, 1.165) is 12.1 Å². The van der Waals surface area contributed by atoms with Crippen LogP contribution in [0.4, 0.5) is 13.2 Å². The number of halogens is 4. The molecule has 4 nitrogen and oxygen atoms in total. The van der Waals surface area contributed by atoms with Crippen LogP contribution >= 0.6 is 11.6 Å². The number of hydrogen-bond donors (Lipinski definition) is 1. The molecule has 26 heavy (non-hydrogen) atoms. The molecular formula is C18H13ClF3N3O. The van der Waals surface area contributed by atoms with Crippen LogP contribution in [0.3, 0.4) is 0 Å². The number of nitrogens with one attached hydrogen (secondary N) is 1. The molecule has 0 fully saturated rings. The zero-order valence-corrected chi connectivity index (χ0v) is 14.3. The summed E-state index contributed by atoms with van der Waals surface area (Å²) in [6.45, 7) is 1.63. The lowest BCUT2D eigenvalue weighted by atomic mass is 10.1. The summed E-state index contributed by atoms with van der Waals surface area (Å²) in [5.41, 5.74) is 0.835. The van der Waals surface area contributed by atoms with Gasteiger partial charge in [0.15, 0.2) is 5.65 Å². The van der Waals surface area contributed by atoms with Gasteiger partial charge in [0, 0.05) is 18.1 Å². The van der Waals surface area contributed by atoms with E-state index in [9.17, 15) is 18.0 Å². The molecule has 134 valence electrons. The van der Waals surface area contributed by atoms with Crippen molar-refractivity contribution in [1.29, 1.82) is 0 Å². The zero-order chi connectivity index (χ0) is 18.9. The molecule has 0 aliphatic rings. The van der Waals surface area contributed by atoms with E-state index in [1.54, 1.807) is 19.1 Å². The van der Waals surface area contributed by atoms with Gasteiger partial charge >= 0.3 is 6.18 Å². The Morgan fingerprint density at radius 3 is 2.73 bits per heavy atom. The van der Waals surface area contributed by atoms with E-state index in [2.05, 4.69) is 15.3 Å². The predicted octanol–water partition coefficient (Wildman–Crippen LogP) is 4.54. The standard InChI is InChI=1S/C18H13ClF3N3O/c1-10-15(7-12-6-14(19)9-23-16(12)25-10)17(26)24-8-11-3-2-4-13(5-11)18(20,21)22/h2-7,9H,8H2,1H3,(H,24,26). The predicted molar refractivity (Wildman–Crippen MR) is 91.9 cm³/mol. The van der Waals surface area contributed by atoms with Crippen molar-refractivity contribution in [1.82, 2.24) is 15.3 Å². The first-order valence-electron chi connectivity index (χ1n) is 7.61. The minimum atomic E-state index is -4.43. The fraction of sp³-hybridized carbons (Fsp3) is 0.167. The molecule has 0 unspecified atom stereocenters. The molecule has 2 heterocycles. The molecular weight excluding hydrogens is 367 g/mol. The molecule has 8 heteroatoms. The van der Waals surface area contributed by atoms with Crippen LogP contribution < -0.4 is 5.32 Å². The number of alkyl halides is 3. The van der Waals surface area contributed by atoms with E-state index >= 15 is 0 Å².